The van der Waals surface area contributed by atoms with Crippen molar-refractivity contribution < 1.29 is 4.74 Å². The van der Waals surface area contributed by atoms with Crippen molar-refractivity contribution >= 4 is 5.96 Å². The average Bonchev–Trinajstić information content (AvgIpc) is 3.30. The molecule has 0 fully saturated rings. The number of ether oxygens (including phenoxy) is 1. The number of likely N-dealkylation sites (N-methyl/N-ethyl adjacent to an activating group) is 1. The molecule has 2 aromatic carbocycles. The van der Waals surface area contributed by atoms with Gasteiger partial charge >= 0.3 is 0 Å². The van der Waals surface area contributed by atoms with Crippen LogP contribution in [-0.4, -0.2) is 54.4 Å². The first kappa shape index (κ1) is 23.3. The number of rotatable bonds is 11. The molecule has 0 saturated carbocycles. The predicted octanol–water partition coefficient (Wildman–Crippen LogP) is 3.13. The van der Waals surface area contributed by atoms with E-state index in [1.54, 1.807) is 6.20 Å². The molecule has 0 radical (unpaired) electrons. The number of guanidine groups is 1. The third-order valence-electron chi connectivity index (χ3n) is 4.98. The van der Waals surface area contributed by atoms with Crippen molar-refractivity contribution in [3.63, 3.8) is 0 Å². The molecular formula is C25H34N6O. The van der Waals surface area contributed by atoms with Gasteiger partial charge in [-0.2, -0.15) is 5.10 Å². The van der Waals surface area contributed by atoms with Gasteiger partial charge in [-0.1, -0.05) is 42.5 Å². The van der Waals surface area contributed by atoms with Crippen molar-refractivity contribution in [1.29, 1.82) is 0 Å². The Bertz CT molecular complexity index is 968. The number of nitrogens with zero attached hydrogens (tertiary/aromatic N) is 4. The van der Waals surface area contributed by atoms with E-state index in [0.29, 0.717) is 19.7 Å². The molecule has 0 bridgehead atoms. The first-order valence-corrected chi connectivity index (χ1v) is 11.1. The van der Waals surface area contributed by atoms with Gasteiger partial charge in [-0.05, 0) is 44.3 Å². The van der Waals surface area contributed by atoms with Crippen molar-refractivity contribution in [3.05, 3.63) is 83.7 Å². The summed E-state index contributed by atoms with van der Waals surface area (Å²) < 4.78 is 7.91. The summed E-state index contributed by atoms with van der Waals surface area (Å²) in [7, 11) is 4.09. The van der Waals surface area contributed by atoms with Gasteiger partial charge in [-0.25, -0.2) is 4.99 Å². The smallest absolute Gasteiger partial charge is 0.191 e. The van der Waals surface area contributed by atoms with E-state index in [1.165, 1.54) is 11.1 Å². The highest BCUT2D eigenvalue weighted by Crippen LogP contribution is 2.19. The summed E-state index contributed by atoms with van der Waals surface area (Å²) >= 11 is 0. The van der Waals surface area contributed by atoms with E-state index in [0.717, 1.165) is 36.9 Å². The normalized spacial score (nSPS) is 11.6. The standard InChI is InChI=1S/C25H34N6O/c1-4-26-25(28-19-22-11-7-8-13-24(22)32-17-16-30(2)3)27-18-21-10-5-6-12-23(21)20-31-15-9-14-29-31/h5-15H,4,16-20H2,1-3H3,(H2,26,27,28). The minimum Gasteiger partial charge on any atom is -0.492 e. The molecule has 0 aliphatic carbocycles. The van der Waals surface area contributed by atoms with Crippen LogP contribution in [0.1, 0.15) is 23.6 Å². The van der Waals surface area contributed by atoms with E-state index in [9.17, 15) is 0 Å². The molecule has 3 aromatic rings. The maximum absolute atomic E-state index is 5.98. The molecule has 0 amide bonds. The first-order valence-electron chi connectivity index (χ1n) is 11.1. The number of hydrogen-bond acceptors (Lipinski definition) is 4. The lowest BCUT2D eigenvalue weighted by molar-refractivity contribution is 0.259. The topological polar surface area (TPSA) is 66.7 Å². The molecule has 1 aromatic heterocycles. The SMILES string of the molecule is CCNC(=NCc1ccccc1OCCN(C)C)NCc1ccccc1Cn1cccn1. The van der Waals surface area contributed by atoms with E-state index >= 15 is 0 Å². The second kappa shape index (κ2) is 12.5. The zero-order valence-corrected chi connectivity index (χ0v) is 19.3. The van der Waals surface area contributed by atoms with Crippen LogP contribution in [0.15, 0.2) is 72.0 Å². The lowest BCUT2D eigenvalue weighted by atomic mass is 10.1. The van der Waals surface area contributed by atoms with Crippen LogP contribution in [-0.2, 0) is 19.6 Å². The van der Waals surface area contributed by atoms with Crippen LogP contribution in [0.25, 0.3) is 0 Å². The molecule has 170 valence electrons. The Kier molecular flexibility index (Phi) is 9.13. The summed E-state index contributed by atoms with van der Waals surface area (Å²) in [5.74, 6) is 1.67. The maximum atomic E-state index is 5.98. The quantitative estimate of drug-likeness (QED) is 0.359. The summed E-state index contributed by atoms with van der Waals surface area (Å²) in [6.07, 6.45) is 3.78. The van der Waals surface area contributed by atoms with E-state index < -0.39 is 0 Å². The van der Waals surface area contributed by atoms with Crippen molar-refractivity contribution in [3.8, 4) is 5.75 Å². The van der Waals surface area contributed by atoms with Gasteiger partial charge in [0.25, 0.3) is 0 Å². The van der Waals surface area contributed by atoms with Crippen molar-refractivity contribution in [2.75, 3.05) is 33.8 Å². The minimum atomic E-state index is 0.544. The Labute approximate surface area is 191 Å². The van der Waals surface area contributed by atoms with Gasteiger partial charge in [0.05, 0.1) is 13.1 Å². The van der Waals surface area contributed by atoms with E-state index in [1.807, 2.05) is 49.2 Å². The number of aliphatic imine (C=N–C) groups is 1. The molecule has 0 aliphatic heterocycles. The van der Waals surface area contributed by atoms with Gasteiger partial charge in [-0.3, -0.25) is 4.68 Å². The number of benzene rings is 2. The fourth-order valence-corrected chi connectivity index (χ4v) is 3.25. The molecule has 0 saturated heterocycles. The fourth-order valence-electron chi connectivity index (χ4n) is 3.25. The second-order valence-electron chi connectivity index (χ2n) is 7.78. The van der Waals surface area contributed by atoms with E-state index in [4.69, 9.17) is 9.73 Å². The molecule has 0 aliphatic rings. The third kappa shape index (κ3) is 7.42. The third-order valence-corrected chi connectivity index (χ3v) is 4.98. The molecule has 7 nitrogen and oxygen atoms in total. The van der Waals surface area contributed by atoms with Crippen LogP contribution >= 0.6 is 0 Å². The van der Waals surface area contributed by atoms with Gasteiger partial charge in [0.15, 0.2) is 5.96 Å². The van der Waals surface area contributed by atoms with Crippen LogP contribution in [0.2, 0.25) is 0 Å². The Morgan fingerprint density at radius 3 is 2.47 bits per heavy atom. The Balaban J connectivity index is 1.64. The van der Waals surface area contributed by atoms with Gasteiger partial charge in [0.1, 0.15) is 12.4 Å². The van der Waals surface area contributed by atoms with Crippen molar-refractivity contribution in [1.82, 2.24) is 25.3 Å². The first-order chi connectivity index (χ1) is 15.7. The van der Waals surface area contributed by atoms with Crippen LogP contribution in [0.3, 0.4) is 0 Å². The van der Waals surface area contributed by atoms with Crippen molar-refractivity contribution in [2.24, 2.45) is 4.99 Å². The lowest BCUT2D eigenvalue weighted by Crippen LogP contribution is -2.37. The highest BCUT2D eigenvalue weighted by molar-refractivity contribution is 5.79. The predicted molar refractivity (Wildman–Crippen MR) is 130 cm³/mol. The molecule has 7 heteroatoms. The van der Waals surface area contributed by atoms with Crippen LogP contribution in [0.4, 0.5) is 0 Å². The second-order valence-corrected chi connectivity index (χ2v) is 7.78. The average molecular weight is 435 g/mol. The summed E-state index contributed by atoms with van der Waals surface area (Å²) in [6, 6.07) is 18.5. The number of para-hydroxylation sites is 1. The monoisotopic (exact) mass is 434 g/mol. The van der Waals surface area contributed by atoms with Gasteiger partial charge < -0.3 is 20.3 Å². The highest BCUT2D eigenvalue weighted by atomic mass is 16.5. The molecule has 32 heavy (non-hydrogen) atoms. The maximum Gasteiger partial charge on any atom is 0.191 e. The zero-order chi connectivity index (χ0) is 22.6. The Hall–Kier alpha value is -3.32. The van der Waals surface area contributed by atoms with Crippen LogP contribution in [0.5, 0.6) is 5.75 Å². The number of nitrogens with one attached hydrogen (secondary N) is 2. The number of hydrogen-bond donors (Lipinski definition) is 2. The van der Waals surface area contributed by atoms with Gasteiger partial charge in [-0.15, -0.1) is 0 Å². The number of aromatic nitrogens is 2. The van der Waals surface area contributed by atoms with E-state index in [-0.39, 0.29) is 0 Å². The minimum absolute atomic E-state index is 0.544. The molecule has 0 unspecified atom stereocenters. The van der Waals surface area contributed by atoms with Crippen LogP contribution in [0, 0.1) is 0 Å². The largest absolute Gasteiger partial charge is 0.492 e. The highest BCUT2D eigenvalue weighted by Gasteiger charge is 2.07. The Morgan fingerprint density at radius 1 is 1.00 bits per heavy atom. The van der Waals surface area contributed by atoms with Crippen LogP contribution < -0.4 is 15.4 Å². The zero-order valence-electron chi connectivity index (χ0n) is 19.3. The summed E-state index contributed by atoms with van der Waals surface area (Å²) in [6.45, 7) is 6.37. The van der Waals surface area contributed by atoms with Crippen molar-refractivity contribution in [2.45, 2.75) is 26.6 Å². The summed E-state index contributed by atoms with van der Waals surface area (Å²) in [5, 5.41) is 11.1. The summed E-state index contributed by atoms with van der Waals surface area (Å²) in [5.41, 5.74) is 3.53. The van der Waals surface area contributed by atoms with Gasteiger partial charge in [0, 0.05) is 37.6 Å². The lowest BCUT2D eigenvalue weighted by Gasteiger charge is -2.15. The molecule has 0 atom stereocenters. The molecule has 1 heterocycles. The molecule has 2 N–H and O–H groups in total. The Morgan fingerprint density at radius 2 is 1.75 bits per heavy atom. The molecule has 0 spiro atoms. The molecule has 3 rings (SSSR count). The molecular weight excluding hydrogens is 400 g/mol. The van der Waals surface area contributed by atoms with E-state index in [2.05, 4.69) is 57.9 Å². The fraction of sp³-hybridized carbons (Fsp3) is 0.360. The summed E-state index contributed by atoms with van der Waals surface area (Å²) in [4.78, 5) is 6.90. The van der Waals surface area contributed by atoms with Gasteiger partial charge in [0.2, 0.25) is 0 Å².